The predicted octanol–water partition coefficient (Wildman–Crippen LogP) is 0.872. The average molecular weight is 318 g/mol. The van der Waals surface area contributed by atoms with Gasteiger partial charge < -0.3 is 14.9 Å². The van der Waals surface area contributed by atoms with E-state index in [1.165, 1.54) is 0 Å². The van der Waals surface area contributed by atoms with E-state index in [0.29, 0.717) is 25.6 Å². The van der Waals surface area contributed by atoms with Gasteiger partial charge in [-0.2, -0.15) is 0 Å². The fourth-order valence-electron chi connectivity index (χ4n) is 3.55. The minimum absolute atomic E-state index is 0.0294. The van der Waals surface area contributed by atoms with Gasteiger partial charge >= 0.3 is 5.97 Å². The van der Waals surface area contributed by atoms with E-state index in [1.54, 1.807) is 23.4 Å². The Hall–Kier alpha value is -2.18. The standard InChI is InChI=1S/C16H22N4O3/c1-16(2)11(12(16)14(22)23)13(21)19-7-4-8-20(10-9-19)15-17-5-3-6-18-15/h3,5-6,11-12H,4,7-10H2,1-2H3,(H,22,23)/t11-,12+/m1/s1. The van der Waals surface area contributed by atoms with Crippen LogP contribution in [-0.2, 0) is 9.59 Å². The lowest BCUT2D eigenvalue weighted by Gasteiger charge is -2.22. The van der Waals surface area contributed by atoms with E-state index in [4.69, 9.17) is 0 Å². The number of amides is 1. The quantitative estimate of drug-likeness (QED) is 0.890. The van der Waals surface area contributed by atoms with Gasteiger partial charge in [-0.25, -0.2) is 9.97 Å². The summed E-state index contributed by atoms with van der Waals surface area (Å²) < 4.78 is 0. The fourth-order valence-corrected chi connectivity index (χ4v) is 3.55. The van der Waals surface area contributed by atoms with Crippen LogP contribution in [0.1, 0.15) is 20.3 Å². The van der Waals surface area contributed by atoms with Crippen LogP contribution in [0.15, 0.2) is 18.5 Å². The maximum absolute atomic E-state index is 12.7. The Balaban J connectivity index is 1.65. The third-order valence-corrected chi connectivity index (χ3v) is 5.00. The largest absolute Gasteiger partial charge is 0.481 e. The molecule has 7 heteroatoms. The highest BCUT2D eigenvalue weighted by Crippen LogP contribution is 2.59. The zero-order valence-corrected chi connectivity index (χ0v) is 13.5. The average Bonchev–Trinajstić information content (AvgIpc) is 3.18. The highest BCUT2D eigenvalue weighted by atomic mass is 16.4. The molecule has 1 saturated carbocycles. The van der Waals surface area contributed by atoms with Crippen LogP contribution in [0.25, 0.3) is 0 Å². The van der Waals surface area contributed by atoms with E-state index in [2.05, 4.69) is 14.9 Å². The molecule has 2 fully saturated rings. The molecule has 0 unspecified atom stereocenters. The van der Waals surface area contributed by atoms with Crippen LogP contribution >= 0.6 is 0 Å². The van der Waals surface area contributed by atoms with E-state index >= 15 is 0 Å². The van der Waals surface area contributed by atoms with Crippen molar-refractivity contribution in [2.45, 2.75) is 20.3 Å². The van der Waals surface area contributed by atoms with Crippen LogP contribution in [0, 0.1) is 17.3 Å². The van der Waals surface area contributed by atoms with E-state index in [1.807, 2.05) is 13.8 Å². The summed E-state index contributed by atoms with van der Waals surface area (Å²) in [7, 11) is 0. The van der Waals surface area contributed by atoms with Gasteiger partial charge in [-0.05, 0) is 17.9 Å². The Morgan fingerprint density at radius 3 is 2.43 bits per heavy atom. The highest BCUT2D eigenvalue weighted by molar-refractivity contribution is 5.91. The molecular formula is C16H22N4O3. The highest BCUT2D eigenvalue weighted by Gasteiger charge is 2.66. The summed E-state index contributed by atoms with van der Waals surface area (Å²) in [6.45, 7) is 6.41. The van der Waals surface area contributed by atoms with E-state index in [0.717, 1.165) is 13.0 Å². The molecule has 124 valence electrons. The molecule has 0 aromatic carbocycles. The van der Waals surface area contributed by atoms with Crippen LogP contribution in [0.5, 0.6) is 0 Å². The SMILES string of the molecule is CC1(C)[C@H](C(=O)O)[C@@H]1C(=O)N1CCCN(c2ncccn2)CC1. The van der Waals surface area contributed by atoms with Crippen molar-refractivity contribution < 1.29 is 14.7 Å². The molecule has 23 heavy (non-hydrogen) atoms. The van der Waals surface area contributed by atoms with Gasteiger partial charge in [0, 0.05) is 38.6 Å². The number of carbonyl (C=O) groups is 2. The maximum Gasteiger partial charge on any atom is 0.307 e. The second kappa shape index (κ2) is 5.79. The van der Waals surface area contributed by atoms with Crippen molar-refractivity contribution in [2.75, 3.05) is 31.1 Å². The van der Waals surface area contributed by atoms with Crippen LogP contribution < -0.4 is 4.90 Å². The zero-order chi connectivity index (χ0) is 16.6. The number of rotatable bonds is 3. The summed E-state index contributed by atoms with van der Waals surface area (Å²) in [5.74, 6) is -1.19. The third kappa shape index (κ3) is 2.87. The number of carbonyl (C=O) groups excluding carboxylic acids is 1. The molecule has 7 nitrogen and oxygen atoms in total. The molecule has 1 aromatic heterocycles. The molecule has 0 spiro atoms. The second-order valence-electron chi connectivity index (χ2n) is 6.83. The maximum atomic E-state index is 12.7. The van der Waals surface area contributed by atoms with Gasteiger partial charge in [-0.3, -0.25) is 9.59 Å². The predicted molar refractivity (Wildman–Crippen MR) is 83.8 cm³/mol. The number of carboxylic acids is 1. The van der Waals surface area contributed by atoms with Gasteiger partial charge in [0.25, 0.3) is 0 Å². The van der Waals surface area contributed by atoms with Crippen molar-refractivity contribution in [1.82, 2.24) is 14.9 Å². The summed E-state index contributed by atoms with van der Waals surface area (Å²) in [6.07, 6.45) is 4.25. The Kier molecular flexibility index (Phi) is 3.95. The fraction of sp³-hybridized carbons (Fsp3) is 0.625. The molecule has 1 saturated heterocycles. The molecular weight excluding hydrogens is 296 g/mol. The number of hydrogen-bond donors (Lipinski definition) is 1. The van der Waals surface area contributed by atoms with Crippen LogP contribution in [-0.4, -0.2) is 58.0 Å². The molecule has 0 bridgehead atoms. The van der Waals surface area contributed by atoms with Gasteiger partial charge in [0.2, 0.25) is 11.9 Å². The van der Waals surface area contributed by atoms with Crippen LogP contribution in [0.3, 0.4) is 0 Å². The van der Waals surface area contributed by atoms with Crippen molar-refractivity contribution >= 4 is 17.8 Å². The Bertz CT molecular complexity index is 605. The number of aliphatic carboxylic acids is 1. The Morgan fingerprint density at radius 2 is 1.83 bits per heavy atom. The molecule has 2 atom stereocenters. The van der Waals surface area contributed by atoms with Crippen molar-refractivity contribution in [3.63, 3.8) is 0 Å². The van der Waals surface area contributed by atoms with Crippen molar-refractivity contribution in [3.05, 3.63) is 18.5 Å². The van der Waals surface area contributed by atoms with Gasteiger partial charge in [-0.15, -0.1) is 0 Å². The number of aromatic nitrogens is 2. The summed E-state index contributed by atoms with van der Waals surface area (Å²) in [5.41, 5.74) is -0.447. The molecule has 2 heterocycles. The topological polar surface area (TPSA) is 86.6 Å². The normalized spacial score (nSPS) is 26.5. The van der Waals surface area contributed by atoms with Crippen LogP contribution in [0.2, 0.25) is 0 Å². The number of nitrogens with zero attached hydrogens (tertiary/aromatic N) is 4. The van der Waals surface area contributed by atoms with Crippen molar-refractivity contribution in [2.24, 2.45) is 17.3 Å². The molecule has 2 aliphatic rings. The van der Waals surface area contributed by atoms with E-state index < -0.39 is 23.2 Å². The lowest BCUT2D eigenvalue weighted by Crippen LogP contribution is -2.37. The Morgan fingerprint density at radius 1 is 1.13 bits per heavy atom. The first-order chi connectivity index (χ1) is 10.9. The lowest BCUT2D eigenvalue weighted by molar-refractivity contribution is -0.142. The van der Waals surface area contributed by atoms with E-state index in [-0.39, 0.29) is 5.91 Å². The number of anilines is 1. The van der Waals surface area contributed by atoms with Gasteiger partial charge in [0.05, 0.1) is 11.8 Å². The summed E-state index contributed by atoms with van der Waals surface area (Å²) >= 11 is 0. The molecule has 1 aliphatic carbocycles. The minimum Gasteiger partial charge on any atom is -0.481 e. The monoisotopic (exact) mass is 318 g/mol. The number of hydrogen-bond acceptors (Lipinski definition) is 5. The third-order valence-electron chi connectivity index (χ3n) is 5.00. The summed E-state index contributed by atoms with van der Waals surface area (Å²) in [4.78, 5) is 36.4. The minimum atomic E-state index is -0.873. The van der Waals surface area contributed by atoms with Crippen molar-refractivity contribution in [1.29, 1.82) is 0 Å². The second-order valence-corrected chi connectivity index (χ2v) is 6.83. The van der Waals surface area contributed by atoms with Crippen molar-refractivity contribution in [3.8, 4) is 0 Å². The first kappa shape index (κ1) is 15.7. The Labute approximate surface area is 135 Å². The summed E-state index contributed by atoms with van der Waals surface area (Å²) in [6, 6.07) is 1.78. The zero-order valence-electron chi connectivity index (χ0n) is 13.5. The van der Waals surface area contributed by atoms with Gasteiger partial charge in [-0.1, -0.05) is 13.8 Å². The molecule has 1 N–H and O–H groups in total. The van der Waals surface area contributed by atoms with Gasteiger partial charge in [0.15, 0.2) is 0 Å². The van der Waals surface area contributed by atoms with E-state index in [9.17, 15) is 14.7 Å². The summed E-state index contributed by atoms with van der Waals surface area (Å²) in [5, 5.41) is 9.26. The molecule has 1 aliphatic heterocycles. The molecule has 0 radical (unpaired) electrons. The smallest absolute Gasteiger partial charge is 0.307 e. The molecule has 1 amide bonds. The first-order valence-corrected chi connectivity index (χ1v) is 7.96. The molecule has 1 aromatic rings. The lowest BCUT2D eigenvalue weighted by atomic mass is 10.1. The first-order valence-electron chi connectivity index (χ1n) is 7.96. The van der Waals surface area contributed by atoms with Gasteiger partial charge in [0.1, 0.15) is 0 Å². The van der Waals surface area contributed by atoms with Crippen LogP contribution in [0.4, 0.5) is 5.95 Å². The number of carboxylic acid groups (broad SMARTS) is 1. The molecule has 3 rings (SSSR count).